The van der Waals surface area contributed by atoms with E-state index in [1.165, 1.54) is 19.2 Å². The molecule has 1 aliphatic rings. The summed E-state index contributed by atoms with van der Waals surface area (Å²) in [4.78, 5) is 27.0. The first-order valence-corrected chi connectivity index (χ1v) is 8.08. The second-order valence-electron chi connectivity index (χ2n) is 5.88. The number of carbonyl (C=O) groups is 1. The number of carbonyl (C=O) groups excluding carboxylic acids is 1. The molecule has 0 aliphatic carbocycles. The molecule has 2 aromatic rings. The molecule has 25 heavy (non-hydrogen) atoms. The predicted molar refractivity (Wildman–Crippen MR) is 92.7 cm³/mol. The highest BCUT2D eigenvalue weighted by molar-refractivity contribution is 6.00. The monoisotopic (exact) mass is 344 g/mol. The molecule has 1 amide bonds. The first kappa shape index (κ1) is 17.0. The van der Waals surface area contributed by atoms with Crippen LogP contribution in [-0.4, -0.2) is 49.0 Å². The molecule has 0 unspecified atom stereocenters. The van der Waals surface area contributed by atoms with Crippen molar-refractivity contribution in [1.82, 2.24) is 10.2 Å². The number of rotatable bonds is 5. The van der Waals surface area contributed by atoms with Crippen molar-refractivity contribution in [2.75, 3.05) is 38.1 Å². The van der Waals surface area contributed by atoms with Gasteiger partial charge in [-0.3, -0.25) is 19.8 Å². The number of nitro benzene ring substituents is 1. The van der Waals surface area contributed by atoms with Gasteiger partial charge in [0.05, 0.1) is 29.0 Å². The zero-order valence-electron chi connectivity index (χ0n) is 14.0. The molecule has 1 aromatic carbocycles. The zero-order valence-corrected chi connectivity index (χ0v) is 14.0. The zero-order chi connectivity index (χ0) is 17.8. The fourth-order valence-electron chi connectivity index (χ4n) is 3.00. The van der Waals surface area contributed by atoms with E-state index in [0.717, 1.165) is 44.2 Å². The highest BCUT2D eigenvalue weighted by atomic mass is 16.6. The fourth-order valence-corrected chi connectivity index (χ4v) is 3.00. The van der Waals surface area contributed by atoms with Crippen molar-refractivity contribution in [3.05, 3.63) is 58.0 Å². The van der Waals surface area contributed by atoms with Gasteiger partial charge in [-0.1, -0.05) is 0 Å². The quantitative estimate of drug-likeness (QED) is 0.658. The summed E-state index contributed by atoms with van der Waals surface area (Å²) in [6.45, 7) is 3.88. The lowest BCUT2D eigenvalue weighted by molar-refractivity contribution is -0.384. The summed E-state index contributed by atoms with van der Waals surface area (Å²) >= 11 is 0. The van der Waals surface area contributed by atoms with Gasteiger partial charge in [0, 0.05) is 45.4 Å². The maximum absolute atomic E-state index is 12.1. The second kappa shape index (κ2) is 7.35. The van der Waals surface area contributed by atoms with E-state index in [2.05, 4.69) is 15.1 Å². The predicted octanol–water partition coefficient (Wildman–Crippen LogP) is 1.87. The summed E-state index contributed by atoms with van der Waals surface area (Å²) in [5.41, 5.74) is 0.970. The van der Waals surface area contributed by atoms with Crippen LogP contribution in [0.5, 0.6) is 0 Å². The Hall–Kier alpha value is -2.87. The van der Waals surface area contributed by atoms with Gasteiger partial charge in [-0.25, -0.2) is 0 Å². The van der Waals surface area contributed by atoms with Crippen molar-refractivity contribution >= 4 is 17.3 Å². The number of hydrogen-bond acceptors (Lipinski definition) is 6. The number of non-ortho nitro benzene ring substituents is 1. The summed E-state index contributed by atoms with van der Waals surface area (Å²) < 4.78 is 5.38. The third-order valence-corrected chi connectivity index (χ3v) is 4.34. The van der Waals surface area contributed by atoms with Gasteiger partial charge in [0.1, 0.15) is 5.76 Å². The second-order valence-corrected chi connectivity index (χ2v) is 5.88. The minimum absolute atomic E-state index is 0.0844. The molecule has 8 nitrogen and oxygen atoms in total. The number of nitro groups is 1. The Morgan fingerprint density at radius 3 is 2.64 bits per heavy atom. The van der Waals surface area contributed by atoms with Gasteiger partial charge >= 0.3 is 0 Å². The van der Waals surface area contributed by atoms with E-state index < -0.39 is 4.92 Å². The average molecular weight is 344 g/mol. The minimum Gasteiger partial charge on any atom is -0.468 e. The topological polar surface area (TPSA) is 91.9 Å². The van der Waals surface area contributed by atoms with Crippen LogP contribution < -0.4 is 10.2 Å². The van der Waals surface area contributed by atoms with Crippen LogP contribution in [0.15, 0.2) is 41.0 Å². The van der Waals surface area contributed by atoms with Crippen molar-refractivity contribution in [1.29, 1.82) is 0 Å². The van der Waals surface area contributed by atoms with Gasteiger partial charge in [0.2, 0.25) is 0 Å². The largest absolute Gasteiger partial charge is 0.468 e. The average Bonchev–Trinajstić information content (AvgIpc) is 3.14. The first-order valence-electron chi connectivity index (χ1n) is 8.08. The van der Waals surface area contributed by atoms with Crippen molar-refractivity contribution in [2.24, 2.45) is 0 Å². The Kier molecular flexibility index (Phi) is 4.99. The number of anilines is 1. The normalized spacial score (nSPS) is 15.2. The lowest BCUT2D eigenvalue weighted by atomic mass is 10.1. The van der Waals surface area contributed by atoms with E-state index in [1.54, 1.807) is 12.3 Å². The van der Waals surface area contributed by atoms with Gasteiger partial charge in [-0.2, -0.15) is 0 Å². The molecular formula is C17H20N4O4. The van der Waals surface area contributed by atoms with Gasteiger partial charge in [-0.15, -0.1) is 0 Å². The summed E-state index contributed by atoms with van der Waals surface area (Å²) in [6, 6.07) is 8.26. The molecular weight excluding hydrogens is 324 g/mol. The number of nitrogens with zero attached hydrogens (tertiary/aromatic N) is 3. The molecule has 0 atom stereocenters. The smallest absolute Gasteiger partial charge is 0.270 e. The van der Waals surface area contributed by atoms with Crippen LogP contribution in [0.1, 0.15) is 16.1 Å². The van der Waals surface area contributed by atoms with E-state index >= 15 is 0 Å². The van der Waals surface area contributed by atoms with Crippen molar-refractivity contribution in [3.8, 4) is 0 Å². The number of piperazine rings is 1. The SMILES string of the molecule is CNC(=O)c1cc([N+](=O)[O-])ccc1N1CCN(Cc2ccco2)CC1. The highest BCUT2D eigenvalue weighted by Crippen LogP contribution is 2.27. The molecule has 0 radical (unpaired) electrons. The summed E-state index contributed by atoms with van der Waals surface area (Å²) in [7, 11) is 1.52. The van der Waals surface area contributed by atoms with Crippen LogP contribution in [0.4, 0.5) is 11.4 Å². The van der Waals surface area contributed by atoms with E-state index in [-0.39, 0.29) is 11.6 Å². The molecule has 3 rings (SSSR count). The molecule has 132 valence electrons. The maximum Gasteiger partial charge on any atom is 0.270 e. The molecule has 1 N–H and O–H groups in total. The van der Waals surface area contributed by atoms with Gasteiger partial charge in [-0.05, 0) is 18.2 Å². The van der Waals surface area contributed by atoms with Crippen molar-refractivity contribution in [2.45, 2.75) is 6.54 Å². The Balaban J connectivity index is 1.73. The molecule has 0 bridgehead atoms. The summed E-state index contributed by atoms with van der Waals surface area (Å²) in [6.07, 6.45) is 1.66. The number of hydrogen-bond donors (Lipinski definition) is 1. The van der Waals surface area contributed by atoms with Crippen LogP contribution in [0.3, 0.4) is 0 Å². The highest BCUT2D eigenvalue weighted by Gasteiger charge is 2.23. The standard InChI is InChI=1S/C17H20N4O4/c1-18-17(22)15-11-13(21(23)24)4-5-16(15)20-8-6-19(7-9-20)12-14-3-2-10-25-14/h2-5,10-11H,6-9,12H2,1H3,(H,18,22). The Morgan fingerprint density at radius 2 is 2.04 bits per heavy atom. The molecule has 1 aromatic heterocycles. The number of benzene rings is 1. The van der Waals surface area contributed by atoms with E-state index in [0.29, 0.717) is 5.56 Å². The number of furan rings is 1. The Labute approximate surface area is 145 Å². The third kappa shape index (κ3) is 3.80. The Morgan fingerprint density at radius 1 is 1.28 bits per heavy atom. The van der Waals surface area contributed by atoms with E-state index in [4.69, 9.17) is 4.42 Å². The molecule has 1 aliphatic heterocycles. The molecule has 1 saturated heterocycles. The molecule has 8 heteroatoms. The Bertz CT molecular complexity index is 752. The fraction of sp³-hybridized carbons (Fsp3) is 0.353. The first-order chi connectivity index (χ1) is 12.1. The van der Waals surface area contributed by atoms with Crippen LogP contribution in [0.25, 0.3) is 0 Å². The molecule has 1 fully saturated rings. The van der Waals surface area contributed by atoms with E-state index in [9.17, 15) is 14.9 Å². The van der Waals surface area contributed by atoms with Crippen molar-refractivity contribution < 1.29 is 14.1 Å². The van der Waals surface area contributed by atoms with E-state index in [1.807, 2.05) is 12.1 Å². The van der Waals surface area contributed by atoms with Gasteiger partial charge in [0.15, 0.2) is 0 Å². The minimum atomic E-state index is -0.489. The molecule has 0 spiro atoms. The third-order valence-electron chi connectivity index (χ3n) is 4.34. The number of nitrogens with one attached hydrogen (secondary N) is 1. The van der Waals surface area contributed by atoms with Crippen molar-refractivity contribution in [3.63, 3.8) is 0 Å². The summed E-state index contributed by atoms with van der Waals surface area (Å²) in [5, 5.41) is 13.5. The number of amides is 1. The molecule has 2 heterocycles. The van der Waals surface area contributed by atoms with Gasteiger partial charge < -0.3 is 14.6 Å². The lowest BCUT2D eigenvalue weighted by Gasteiger charge is -2.36. The van der Waals surface area contributed by atoms with Crippen LogP contribution >= 0.6 is 0 Å². The van der Waals surface area contributed by atoms with Gasteiger partial charge in [0.25, 0.3) is 11.6 Å². The lowest BCUT2D eigenvalue weighted by Crippen LogP contribution is -2.46. The summed E-state index contributed by atoms with van der Waals surface area (Å²) in [5.74, 6) is 0.603. The van der Waals surface area contributed by atoms with Crippen LogP contribution in [-0.2, 0) is 6.54 Å². The van der Waals surface area contributed by atoms with Crippen LogP contribution in [0, 0.1) is 10.1 Å². The maximum atomic E-state index is 12.1. The molecule has 0 saturated carbocycles. The van der Waals surface area contributed by atoms with Crippen LogP contribution in [0.2, 0.25) is 0 Å².